The molecule has 0 aromatic heterocycles. The van der Waals surface area contributed by atoms with Gasteiger partial charge in [0.25, 0.3) is 0 Å². The molecule has 2 aromatic rings. The molecule has 122 heavy (non-hydrogen) atoms. The van der Waals surface area contributed by atoms with Crippen LogP contribution in [-0.4, -0.2) is 353 Å². The zero-order valence-electron chi connectivity index (χ0n) is 74.4. The van der Waals surface area contributed by atoms with Gasteiger partial charge in [0.05, 0.1) is 324 Å². The van der Waals surface area contributed by atoms with Crippen LogP contribution < -0.4 is 5.32 Å². The van der Waals surface area contributed by atoms with Crippen molar-refractivity contribution in [1.82, 2.24) is 5.32 Å². The van der Waals surface area contributed by atoms with Gasteiger partial charge in [-0.25, -0.2) is 0 Å². The van der Waals surface area contributed by atoms with Crippen LogP contribution in [0.25, 0.3) is 0 Å². The number of carbonyl (C=O) groups is 4. The van der Waals surface area contributed by atoms with Crippen molar-refractivity contribution < 1.29 is 147 Å². The summed E-state index contributed by atoms with van der Waals surface area (Å²) < 4.78 is 144. The third-order valence-corrected chi connectivity index (χ3v) is 18.3. The van der Waals surface area contributed by atoms with Crippen LogP contribution in [0.2, 0.25) is 0 Å². The third-order valence-electron chi connectivity index (χ3n) is 18.3. The Morgan fingerprint density at radius 1 is 0.254 bits per heavy atom. The molecule has 1 amide bonds. The zero-order valence-corrected chi connectivity index (χ0v) is 74.4. The van der Waals surface area contributed by atoms with Crippen molar-refractivity contribution in [3.05, 3.63) is 71.8 Å². The molecule has 2 aromatic carbocycles. The number of nitrogens with one attached hydrogen (secondary N) is 1. The minimum Gasteiger partial charge on any atom is -0.481 e. The lowest BCUT2D eigenvalue weighted by atomic mass is 9.76. The predicted octanol–water partition coefficient (Wildman–Crippen LogP) is 10.3. The number of unbranched alkanes of at least 4 members (excludes halogenated alkanes) is 15. The van der Waals surface area contributed by atoms with Crippen molar-refractivity contribution in [3.63, 3.8) is 0 Å². The Bertz CT molecular complexity index is 2490. The molecule has 32 nitrogen and oxygen atoms in total. The topological polar surface area (TPSA) is 341 Å². The Balaban J connectivity index is 1.29. The first kappa shape index (κ1) is 113. The van der Waals surface area contributed by atoms with E-state index in [0.717, 1.165) is 88.2 Å². The number of carboxylic acid groups (broad SMARTS) is 1. The lowest BCUT2D eigenvalue weighted by molar-refractivity contribution is -0.164. The molecule has 710 valence electrons. The molecule has 1 atom stereocenters. The smallest absolute Gasteiger partial charge is 0.321 e. The average molecular weight is 1750 g/mol. The van der Waals surface area contributed by atoms with Gasteiger partial charge < -0.3 is 134 Å². The van der Waals surface area contributed by atoms with Crippen LogP contribution in [0.15, 0.2) is 60.7 Å². The normalized spacial score (nSPS) is 12.1. The summed E-state index contributed by atoms with van der Waals surface area (Å²) in [7, 11) is 0. The van der Waals surface area contributed by atoms with Crippen LogP contribution >= 0.6 is 0 Å². The van der Waals surface area contributed by atoms with Crippen molar-refractivity contribution in [2.24, 2.45) is 5.41 Å². The Hall–Kier alpha value is -4.64. The largest absolute Gasteiger partial charge is 0.481 e. The third kappa shape index (κ3) is 80.0. The summed E-state index contributed by atoms with van der Waals surface area (Å²) in [6, 6.07) is 19.4. The van der Waals surface area contributed by atoms with E-state index in [-0.39, 0.29) is 44.7 Å². The molecule has 0 fully saturated rings. The van der Waals surface area contributed by atoms with Crippen LogP contribution in [0.4, 0.5) is 0 Å². The highest BCUT2D eigenvalue weighted by atomic mass is 16.6. The summed E-state index contributed by atoms with van der Waals surface area (Å²) in [5.74, 6) is -1.78. The van der Waals surface area contributed by atoms with E-state index < -0.39 is 17.4 Å². The van der Waals surface area contributed by atoms with Crippen molar-refractivity contribution in [1.29, 1.82) is 0 Å². The molecule has 0 saturated heterocycles. The lowest BCUT2D eigenvalue weighted by Gasteiger charge is -2.31. The van der Waals surface area contributed by atoms with Gasteiger partial charge in [-0.05, 0) is 30.4 Å². The van der Waals surface area contributed by atoms with Gasteiger partial charge in [0, 0.05) is 13.0 Å². The maximum absolute atomic E-state index is 14.4. The fourth-order valence-corrected chi connectivity index (χ4v) is 11.5. The van der Waals surface area contributed by atoms with Gasteiger partial charge in [-0.1, -0.05) is 170 Å². The summed E-state index contributed by atoms with van der Waals surface area (Å²) in [4.78, 5) is 51.3. The highest BCUT2D eigenvalue weighted by Crippen LogP contribution is 2.35. The first-order valence-corrected chi connectivity index (χ1v) is 45.1. The van der Waals surface area contributed by atoms with Crippen molar-refractivity contribution >= 4 is 23.8 Å². The molecule has 0 aliphatic heterocycles. The number of benzene rings is 2. The summed E-state index contributed by atoms with van der Waals surface area (Å²) in [6.45, 7) is 24.2. The number of aliphatic carboxylic acids is 1. The lowest BCUT2D eigenvalue weighted by Crippen LogP contribution is -2.48. The zero-order chi connectivity index (χ0) is 87.0. The maximum atomic E-state index is 14.4. The summed E-state index contributed by atoms with van der Waals surface area (Å²) in [5, 5.41) is 11.6. The Morgan fingerprint density at radius 2 is 0.467 bits per heavy atom. The van der Waals surface area contributed by atoms with E-state index in [1.165, 1.54) is 32.1 Å². The second-order valence-electron chi connectivity index (χ2n) is 28.3. The van der Waals surface area contributed by atoms with Gasteiger partial charge >= 0.3 is 17.9 Å². The number of hydrogen-bond acceptors (Lipinski definition) is 30. The molecule has 2 N–H and O–H groups in total. The van der Waals surface area contributed by atoms with Gasteiger partial charge in [0.1, 0.15) is 18.6 Å². The Morgan fingerprint density at radius 3 is 0.713 bits per heavy atom. The molecule has 0 bridgehead atoms. The Labute approximate surface area is 729 Å². The molecule has 0 radical (unpaired) electrons. The first-order valence-electron chi connectivity index (χ1n) is 45.1. The maximum Gasteiger partial charge on any atom is 0.321 e. The van der Waals surface area contributed by atoms with E-state index in [2.05, 4.69) is 12.2 Å². The quantitative estimate of drug-likeness (QED) is 0.0353. The molecule has 0 aliphatic rings. The summed E-state index contributed by atoms with van der Waals surface area (Å²) >= 11 is 0. The van der Waals surface area contributed by atoms with Crippen LogP contribution in [0, 0.1) is 5.41 Å². The highest BCUT2D eigenvalue weighted by molar-refractivity contribution is 6.02. The fraction of sp³-hybridized carbons (Fsp3) is 0.822. The second-order valence-corrected chi connectivity index (χ2v) is 28.3. The number of rotatable bonds is 102. The van der Waals surface area contributed by atoms with Crippen LogP contribution in [-0.2, 0) is 156 Å². The summed E-state index contributed by atoms with van der Waals surface area (Å²) in [6.07, 6.45) is 19.1. The number of amides is 1. The van der Waals surface area contributed by atoms with Crippen LogP contribution in [0.5, 0.6) is 0 Å². The van der Waals surface area contributed by atoms with Crippen molar-refractivity contribution in [2.75, 3.05) is 324 Å². The molecule has 0 heterocycles. The fourth-order valence-electron chi connectivity index (χ4n) is 11.5. The standard InChI is InChI=1S/C90H159NO31/c1-2-3-4-5-6-8-11-14-23-31-90(89(96)122-83-85-27-20-17-21-28-85,32-24-15-12-9-7-10-13-22-29-87(94)121-82-84-25-18-16-19-26-84)88(95)91-33-35-98-37-39-100-41-43-102-45-47-104-49-51-106-53-55-108-57-59-110-61-63-112-65-67-114-69-71-116-73-75-118-77-79-120-81-80-119-78-76-117-74-72-115-70-68-113-66-64-111-62-60-109-58-56-107-54-52-105-50-48-103-46-44-101-42-40-99-38-36-97-34-30-86(92)93/h16-21,25-28H,2-15,22-24,29-83H2,1H3,(H,91,95)(H,92,93). The summed E-state index contributed by atoms with van der Waals surface area (Å²) in [5.41, 5.74) is 0.572. The van der Waals surface area contributed by atoms with E-state index in [1.807, 2.05) is 60.7 Å². The number of hydrogen-bond donors (Lipinski definition) is 2. The number of carboxylic acids is 1. The van der Waals surface area contributed by atoms with Gasteiger partial charge in [0.15, 0.2) is 0 Å². The average Bonchev–Trinajstić information content (AvgIpc) is 0.806. The number of carbonyl (C=O) groups excluding carboxylic acids is 3. The highest BCUT2D eigenvalue weighted by Gasteiger charge is 2.46. The van der Waals surface area contributed by atoms with E-state index >= 15 is 0 Å². The monoisotopic (exact) mass is 1750 g/mol. The molecule has 1 unspecified atom stereocenters. The van der Waals surface area contributed by atoms with Crippen LogP contribution in [0.3, 0.4) is 0 Å². The van der Waals surface area contributed by atoms with E-state index in [9.17, 15) is 19.2 Å². The second kappa shape index (κ2) is 94.0. The predicted molar refractivity (Wildman–Crippen MR) is 458 cm³/mol. The minimum atomic E-state index is -1.30. The number of ether oxygens (including phenoxy) is 26. The van der Waals surface area contributed by atoms with E-state index in [1.54, 1.807) is 0 Å². The SMILES string of the molecule is CCCCCCCCCCCC(CCCCCCCCCCC(=O)OCc1ccccc1)(C(=O)NCCOCCOCCOCCOCCOCCOCCOCCOCCOCCOCCOCCOCCOCCOCCOCCOCCOCCOCCOCCOCCOCCOCCOCCOCCC(=O)O)C(=O)OCc1ccccc1. The van der Waals surface area contributed by atoms with Gasteiger partial charge in [-0.2, -0.15) is 0 Å². The molecule has 32 heteroatoms. The molecule has 0 aliphatic carbocycles. The molecular weight excluding hydrogens is 1590 g/mol. The molecule has 2 rings (SSSR count). The van der Waals surface area contributed by atoms with E-state index in [4.69, 9.17) is 128 Å². The molecule has 0 spiro atoms. The molecule has 0 saturated carbocycles. The van der Waals surface area contributed by atoms with Gasteiger partial charge in [-0.15, -0.1) is 0 Å². The minimum absolute atomic E-state index is 0.0133. The van der Waals surface area contributed by atoms with E-state index in [0.29, 0.717) is 330 Å². The Kier molecular flexibility index (Phi) is 87.4. The molecular formula is C90H159NO31. The van der Waals surface area contributed by atoms with Crippen molar-refractivity contribution in [2.45, 2.75) is 155 Å². The van der Waals surface area contributed by atoms with Crippen LogP contribution in [0.1, 0.15) is 153 Å². The van der Waals surface area contributed by atoms with Gasteiger partial charge in [-0.3, -0.25) is 19.2 Å². The van der Waals surface area contributed by atoms with Crippen molar-refractivity contribution in [3.8, 4) is 0 Å². The number of esters is 2. The van der Waals surface area contributed by atoms with Gasteiger partial charge in [0.2, 0.25) is 5.91 Å². The first-order chi connectivity index (χ1) is 60.4.